The predicted molar refractivity (Wildman–Crippen MR) is 54.3 cm³/mol. The molecule has 0 amide bonds. The molecule has 0 aliphatic carbocycles. The molecule has 0 unspecified atom stereocenters. The average molecular weight is 241 g/mol. The maximum absolute atomic E-state index is 11.1. The Balaban J connectivity index is 3.44. The van der Waals surface area contributed by atoms with Gasteiger partial charge in [-0.3, -0.25) is 9.59 Å². The molecule has 0 N–H and O–H groups in total. The van der Waals surface area contributed by atoms with Crippen molar-refractivity contribution in [2.45, 2.75) is 13.8 Å². The van der Waals surface area contributed by atoms with Gasteiger partial charge in [0.25, 0.3) is 0 Å². The van der Waals surface area contributed by atoms with Gasteiger partial charge in [0.2, 0.25) is 0 Å². The molecule has 0 spiro atoms. The number of Topliss-reactive ketones (excluding diaryl/α,β-unsaturated/α-hetero) is 1. The molecular weight excluding hydrogens is 232 g/mol. The number of carbonyl (C=O) groups excluding carboxylic acids is 2. The monoisotopic (exact) mass is 240 g/mol. The summed E-state index contributed by atoms with van der Waals surface area (Å²) in [7, 11) is 0. The lowest BCUT2D eigenvalue weighted by Gasteiger charge is -2.05. The molecule has 0 bridgehead atoms. The second-order valence-electron chi connectivity index (χ2n) is 2.83. The van der Waals surface area contributed by atoms with Crippen molar-refractivity contribution in [3.8, 4) is 0 Å². The summed E-state index contributed by atoms with van der Waals surface area (Å²) in [5, 5.41) is 0. The number of ketones is 1. The third-order valence-electron chi connectivity index (χ3n) is 1.89. The van der Waals surface area contributed by atoms with Crippen LogP contribution in [0.25, 0.3) is 0 Å². The van der Waals surface area contributed by atoms with E-state index in [1.807, 2.05) is 6.92 Å². The lowest BCUT2D eigenvalue weighted by Crippen LogP contribution is -1.98. The average Bonchev–Trinajstić information content (AvgIpc) is 2.04. The minimum absolute atomic E-state index is 0.0463. The van der Waals surface area contributed by atoms with Crippen molar-refractivity contribution in [1.82, 2.24) is 0 Å². The van der Waals surface area contributed by atoms with Crippen molar-refractivity contribution in [3.05, 3.63) is 33.3 Å². The summed E-state index contributed by atoms with van der Waals surface area (Å²) < 4.78 is 0.593. The molecule has 0 atom stereocenters. The minimum Gasteiger partial charge on any atom is -0.298 e. The molecule has 0 aromatic heterocycles. The first-order valence-electron chi connectivity index (χ1n) is 3.83. The summed E-state index contributed by atoms with van der Waals surface area (Å²) in [6.07, 6.45) is 0.756. The first-order valence-corrected chi connectivity index (χ1v) is 4.62. The number of aryl methyl sites for hydroxylation is 1. The molecule has 68 valence electrons. The lowest BCUT2D eigenvalue weighted by atomic mass is 10.0. The van der Waals surface area contributed by atoms with Crippen molar-refractivity contribution >= 4 is 28.0 Å². The van der Waals surface area contributed by atoms with E-state index in [1.54, 1.807) is 12.1 Å². The van der Waals surface area contributed by atoms with Crippen LogP contribution in [0, 0.1) is 6.92 Å². The largest absolute Gasteiger partial charge is 0.298 e. The second-order valence-corrected chi connectivity index (χ2v) is 3.62. The van der Waals surface area contributed by atoms with Crippen LogP contribution in [-0.2, 0) is 0 Å². The van der Waals surface area contributed by atoms with Gasteiger partial charge in [0.15, 0.2) is 12.1 Å². The van der Waals surface area contributed by atoms with Crippen LogP contribution in [-0.4, -0.2) is 12.1 Å². The Hall–Kier alpha value is -0.960. The molecule has 0 aliphatic rings. The minimum atomic E-state index is -0.0463. The van der Waals surface area contributed by atoms with Crippen molar-refractivity contribution in [3.63, 3.8) is 0 Å². The smallest absolute Gasteiger partial charge is 0.160 e. The highest BCUT2D eigenvalue weighted by atomic mass is 79.9. The Kier molecular flexibility index (Phi) is 2.98. The van der Waals surface area contributed by atoms with Crippen molar-refractivity contribution < 1.29 is 9.59 Å². The summed E-state index contributed by atoms with van der Waals surface area (Å²) in [4.78, 5) is 21.8. The molecule has 1 aromatic rings. The van der Waals surface area contributed by atoms with E-state index in [4.69, 9.17) is 0 Å². The van der Waals surface area contributed by atoms with E-state index >= 15 is 0 Å². The summed E-state index contributed by atoms with van der Waals surface area (Å²) >= 11 is 3.24. The van der Waals surface area contributed by atoms with Crippen LogP contribution in [0.2, 0.25) is 0 Å². The fourth-order valence-corrected chi connectivity index (χ4v) is 1.92. The maximum atomic E-state index is 11.1. The highest BCUT2D eigenvalue weighted by molar-refractivity contribution is 9.10. The van der Waals surface area contributed by atoms with Gasteiger partial charge in [-0.1, -0.05) is 6.07 Å². The van der Waals surface area contributed by atoms with E-state index in [-0.39, 0.29) is 5.78 Å². The number of hydrogen-bond acceptors (Lipinski definition) is 2. The van der Waals surface area contributed by atoms with Crippen LogP contribution in [0.1, 0.15) is 33.2 Å². The number of benzene rings is 1. The van der Waals surface area contributed by atoms with Gasteiger partial charge in [0, 0.05) is 15.6 Å². The molecule has 0 saturated heterocycles. The van der Waals surface area contributed by atoms with Gasteiger partial charge in [0.1, 0.15) is 0 Å². The van der Waals surface area contributed by atoms with E-state index in [9.17, 15) is 9.59 Å². The van der Waals surface area contributed by atoms with Gasteiger partial charge in [-0.2, -0.15) is 0 Å². The predicted octanol–water partition coefficient (Wildman–Crippen LogP) is 2.77. The maximum Gasteiger partial charge on any atom is 0.160 e. The van der Waals surface area contributed by atoms with Gasteiger partial charge < -0.3 is 0 Å². The zero-order valence-electron chi connectivity index (χ0n) is 7.43. The fraction of sp³-hybridized carbons (Fsp3) is 0.200. The molecule has 3 heteroatoms. The van der Waals surface area contributed by atoms with E-state index in [2.05, 4.69) is 15.9 Å². The Labute approximate surface area is 85.1 Å². The molecule has 2 nitrogen and oxygen atoms in total. The van der Waals surface area contributed by atoms with Crippen molar-refractivity contribution in [2.75, 3.05) is 0 Å². The van der Waals surface area contributed by atoms with E-state index < -0.39 is 0 Å². The summed E-state index contributed by atoms with van der Waals surface area (Å²) in [6.45, 7) is 3.31. The number of carbonyl (C=O) groups is 2. The molecule has 0 heterocycles. The van der Waals surface area contributed by atoms with E-state index in [1.165, 1.54) is 6.92 Å². The van der Waals surface area contributed by atoms with Crippen LogP contribution in [0.4, 0.5) is 0 Å². The Morgan fingerprint density at radius 3 is 2.54 bits per heavy atom. The Morgan fingerprint density at radius 1 is 1.46 bits per heavy atom. The van der Waals surface area contributed by atoms with Crippen LogP contribution in [0.15, 0.2) is 16.6 Å². The highest BCUT2D eigenvalue weighted by Gasteiger charge is 2.10. The van der Waals surface area contributed by atoms with Gasteiger partial charge in [-0.15, -0.1) is 0 Å². The third kappa shape index (κ3) is 1.86. The SMILES string of the molecule is CC(=O)c1ccc(C)c(C=O)c1Br. The van der Waals surface area contributed by atoms with Crippen LogP contribution in [0.3, 0.4) is 0 Å². The third-order valence-corrected chi connectivity index (χ3v) is 2.75. The van der Waals surface area contributed by atoms with Crippen molar-refractivity contribution in [2.24, 2.45) is 0 Å². The molecule has 13 heavy (non-hydrogen) atoms. The lowest BCUT2D eigenvalue weighted by molar-refractivity contribution is 0.101. The van der Waals surface area contributed by atoms with Gasteiger partial charge >= 0.3 is 0 Å². The van der Waals surface area contributed by atoms with Crippen LogP contribution in [0.5, 0.6) is 0 Å². The molecule has 1 aromatic carbocycles. The number of halogens is 1. The van der Waals surface area contributed by atoms with E-state index in [0.717, 1.165) is 11.8 Å². The topological polar surface area (TPSA) is 34.1 Å². The van der Waals surface area contributed by atoms with Crippen LogP contribution >= 0.6 is 15.9 Å². The number of aldehydes is 1. The number of hydrogen-bond donors (Lipinski definition) is 0. The summed E-state index contributed by atoms with van der Waals surface area (Å²) in [6, 6.07) is 3.49. The second kappa shape index (κ2) is 3.83. The Morgan fingerprint density at radius 2 is 2.08 bits per heavy atom. The zero-order chi connectivity index (χ0) is 10.0. The van der Waals surface area contributed by atoms with Crippen molar-refractivity contribution in [1.29, 1.82) is 0 Å². The first-order chi connectivity index (χ1) is 6.07. The zero-order valence-corrected chi connectivity index (χ0v) is 9.01. The molecule has 0 aliphatic heterocycles. The van der Waals surface area contributed by atoms with Crippen LogP contribution < -0.4 is 0 Å². The quantitative estimate of drug-likeness (QED) is 0.589. The molecule has 0 radical (unpaired) electrons. The first kappa shape index (κ1) is 10.1. The van der Waals surface area contributed by atoms with Gasteiger partial charge in [-0.25, -0.2) is 0 Å². The summed E-state index contributed by atoms with van der Waals surface area (Å²) in [5.74, 6) is -0.0463. The fourth-order valence-electron chi connectivity index (χ4n) is 1.11. The number of rotatable bonds is 2. The van der Waals surface area contributed by atoms with E-state index in [0.29, 0.717) is 15.6 Å². The molecule has 0 saturated carbocycles. The highest BCUT2D eigenvalue weighted by Crippen LogP contribution is 2.23. The summed E-state index contributed by atoms with van der Waals surface area (Å²) in [5.41, 5.74) is 1.97. The normalized spacial score (nSPS) is 9.77. The van der Waals surface area contributed by atoms with Gasteiger partial charge in [-0.05, 0) is 41.4 Å². The molecule has 1 rings (SSSR count). The molecule has 0 fully saturated rings. The Bertz CT molecular complexity index is 369. The molecular formula is C10H9BrO2. The standard InChI is InChI=1S/C10H9BrO2/c1-6-3-4-8(7(2)13)10(11)9(6)5-12/h3-5H,1-2H3. The van der Waals surface area contributed by atoms with Gasteiger partial charge in [0.05, 0.1) is 0 Å².